The highest BCUT2D eigenvalue weighted by atomic mass is 79.9. The number of imide groups is 1. The summed E-state index contributed by atoms with van der Waals surface area (Å²) in [5.74, 6) is 4.37. The van der Waals surface area contributed by atoms with Gasteiger partial charge in [-0.3, -0.25) is 19.5 Å². The molecule has 3 aromatic rings. The molecule has 0 saturated carbocycles. The number of halogens is 4. The number of pyridine rings is 1. The van der Waals surface area contributed by atoms with Gasteiger partial charge >= 0.3 is 6.18 Å². The fraction of sp³-hybridized carbons (Fsp3) is 0.0800. The summed E-state index contributed by atoms with van der Waals surface area (Å²) in [6.07, 6.45) is -2.98. The van der Waals surface area contributed by atoms with E-state index in [4.69, 9.17) is 0 Å². The standard InChI is InChI=1S/C25H14BrF3N2O2/c26-19-11-4-16(5-12-19)6-13-21-22(17-7-9-18(10-8-17)25(27,28)29)24(33)31(23(21)32)15-20-3-1-2-14-30-20/h1-5,7-12,14H,15H2. The third-order valence-electron chi connectivity index (χ3n) is 4.89. The van der Waals surface area contributed by atoms with Crippen molar-refractivity contribution in [3.8, 4) is 11.8 Å². The lowest BCUT2D eigenvalue weighted by atomic mass is 10.00. The Hall–Kier alpha value is -3.70. The van der Waals surface area contributed by atoms with Crippen LogP contribution >= 0.6 is 15.9 Å². The Balaban J connectivity index is 1.76. The van der Waals surface area contributed by atoms with Crippen molar-refractivity contribution in [3.05, 3.63) is 105 Å². The molecule has 2 heterocycles. The van der Waals surface area contributed by atoms with Crippen molar-refractivity contribution in [2.45, 2.75) is 12.7 Å². The van der Waals surface area contributed by atoms with E-state index >= 15 is 0 Å². The van der Waals surface area contributed by atoms with Gasteiger partial charge in [-0.2, -0.15) is 13.2 Å². The van der Waals surface area contributed by atoms with Crippen molar-refractivity contribution >= 4 is 33.3 Å². The maximum absolute atomic E-state index is 13.2. The Morgan fingerprint density at radius 3 is 2.18 bits per heavy atom. The highest BCUT2D eigenvalue weighted by molar-refractivity contribution is 9.10. The van der Waals surface area contributed by atoms with Crippen LogP contribution in [0.15, 0.2) is 83.0 Å². The Morgan fingerprint density at radius 2 is 1.58 bits per heavy atom. The second kappa shape index (κ2) is 9.04. The first-order valence-corrected chi connectivity index (χ1v) is 10.5. The number of hydrogen-bond acceptors (Lipinski definition) is 3. The summed E-state index contributed by atoms with van der Waals surface area (Å²) in [5.41, 5.74) is 0.336. The molecule has 0 aliphatic carbocycles. The fourth-order valence-corrected chi connectivity index (χ4v) is 3.52. The average molecular weight is 511 g/mol. The van der Waals surface area contributed by atoms with Gasteiger partial charge in [0, 0.05) is 16.2 Å². The number of nitrogens with zero attached hydrogens (tertiary/aromatic N) is 2. The molecule has 1 aliphatic rings. The zero-order chi connectivity index (χ0) is 23.6. The Labute approximate surface area is 195 Å². The predicted octanol–water partition coefficient (Wildman–Crippen LogP) is 5.24. The molecule has 4 nitrogen and oxygen atoms in total. The molecule has 1 aliphatic heterocycles. The molecule has 0 radical (unpaired) electrons. The summed E-state index contributed by atoms with van der Waals surface area (Å²) in [6, 6.07) is 16.2. The lowest BCUT2D eigenvalue weighted by Gasteiger charge is -2.14. The Morgan fingerprint density at radius 1 is 0.879 bits per heavy atom. The van der Waals surface area contributed by atoms with Gasteiger partial charge in [-0.25, -0.2) is 0 Å². The molecule has 0 saturated heterocycles. The topological polar surface area (TPSA) is 50.3 Å². The molecule has 0 bridgehead atoms. The van der Waals surface area contributed by atoms with Crippen LogP contribution in [0, 0.1) is 11.8 Å². The van der Waals surface area contributed by atoms with E-state index in [-0.39, 0.29) is 23.3 Å². The number of carbonyl (C=O) groups is 2. The summed E-state index contributed by atoms with van der Waals surface area (Å²) in [7, 11) is 0. The van der Waals surface area contributed by atoms with Crippen molar-refractivity contribution in [3.63, 3.8) is 0 Å². The number of benzene rings is 2. The van der Waals surface area contributed by atoms with Crippen LogP contribution in [0.5, 0.6) is 0 Å². The minimum atomic E-state index is -4.52. The quantitative estimate of drug-likeness (QED) is 0.357. The van der Waals surface area contributed by atoms with Gasteiger partial charge < -0.3 is 0 Å². The van der Waals surface area contributed by atoms with Crippen LogP contribution < -0.4 is 0 Å². The maximum Gasteiger partial charge on any atom is 0.416 e. The molecular formula is C25H14BrF3N2O2. The van der Waals surface area contributed by atoms with Crippen LogP contribution in [0.1, 0.15) is 22.4 Å². The van der Waals surface area contributed by atoms with Gasteiger partial charge in [-0.05, 0) is 54.1 Å². The van der Waals surface area contributed by atoms with Gasteiger partial charge in [0.05, 0.1) is 23.4 Å². The Kier molecular flexibility index (Phi) is 6.16. The minimum absolute atomic E-state index is 0.0331. The van der Waals surface area contributed by atoms with Gasteiger partial charge in [-0.15, -0.1) is 0 Å². The molecule has 2 amide bonds. The van der Waals surface area contributed by atoms with Crippen LogP contribution in [0.25, 0.3) is 5.57 Å². The molecule has 1 aromatic heterocycles. The van der Waals surface area contributed by atoms with Crippen LogP contribution in [0.3, 0.4) is 0 Å². The van der Waals surface area contributed by atoms with E-state index in [0.717, 1.165) is 21.5 Å². The van der Waals surface area contributed by atoms with Crippen LogP contribution in [-0.2, 0) is 22.3 Å². The molecule has 164 valence electrons. The van der Waals surface area contributed by atoms with Crippen molar-refractivity contribution in [1.82, 2.24) is 9.88 Å². The van der Waals surface area contributed by atoms with E-state index < -0.39 is 23.6 Å². The van der Waals surface area contributed by atoms with Crippen LogP contribution in [0.2, 0.25) is 0 Å². The van der Waals surface area contributed by atoms with E-state index in [9.17, 15) is 22.8 Å². The second-order valence-electron chi connectivity index (χ2n) is 7.10. The maximum atomic E-state index is 13.2. The highest BCUT2D eigenvalue weighted by Crippen LogP contribution is 2.33. The third-order valence-corrected chi connectivity index (χ3v) is 5.42. The van der Waals surface area contributed by atoms with Crippen molar-refractivity contribution in [1.29, 1.82) is 0 Å². The summed E-state index contributed by atoms with van der Waals surface area (Å²) in [5, 5.41) is 0. The number of carbonyl (C=O) groups excluding carboxylic acids is 2. The molecule has 33 heavy (non-hydrogen) atoms. The smallest absolute Gasteiger partial charge is 0.269 e. The van der Waals surface area contributed by atoms with Crippen molar-refractivity contribution < 1.29 is 22.8 Å². The predicted molar refractivity (Wildman–Crippen MR) is 119 cm³/mol. The first-order valence-electron chi connectivity index (χ1n) is 9.69. The van der Waals surface area contributed by atoms with Crippen molar-refractivity contribution in [2.75, 3.05) is 0 Å². The van der Waals surface area contributed by atoms with Gasteiger partial charge in [0.2, 0.25) is 0 Å². The molecule has 8 heteroatoms. The van der Waals surface area contributed by atoms with Gasteiger partial charge in [0.1, 0.15) is 5.57 Å². The summed E-state index contributed by atoms with van der Waals surface area (Å²) in [4.78, 5) is 31.5. The number of hydrogen-bond donors (Lipinski definition) is 0. The van der Waals surface area contributed by atoms with Gasteiger partial charge in [-0.1, -0.05) is 46.0 Å². The summed E-state index contributed by atoms with van der Waals surface area (Å²) < 4.78 is 39.8. The monoisotopic (exact) mass is 510 g/mol. The van der Waals surface area contributed by atoms with Gasteiger partial charge in [0.15, 0.2) is 0 Å². The molecule has 0 spiro atoms. The van der Waals surface area contributed by atoms with Crippen molar-refractivity contribution in [2.24, 2.45) is 0 Å². The third kappa shape index (κ3) is 4.89. The zero-order valence-corrected chi connectivity index (χ0v) is 18.4. The number of rotatable bonds is 3. The molecule has 0 unspecified atom stereocenters. The first-order chi connectivity index (χ1) is 15.7. The van der Waals surface area contributed by atoms with E-state index in [0.29, 0.717) is 11.3 Å². The van der Waals surface area contributed by atoms with E-state index in [1.165, 1.54) is 12.1 Å². The van der Waals surface area contributed by atoms with Crippen LogP contribution in [-0.4, -0.2) is 21.7 Å². The number of amides is 2. The summed E-state index contributed by atoms with van der Waals surface area (Å²) in [6.45, 7) is -0.0773. The molecule has 2 aromatic carbocycles. The zero-order valence-electron chi connectivity index (χ0n) is 16.9. The first kappa shape index (κ1) is 22.5. The second-order valence-corrected chi connectivity index (χ2v) is 8.02. The van der Waals surface area contributed by atoms with Gasteiger partial charge in [0.25, 0.3) is 11.8 Å². The molecule has 0 N–H and O–H groups in total. The molecule has 0 fully saturated rings. The lowest BCUT2D eigenvalue weighted by Crippen LogP contribution is -2.31. The Bertz CT molecular complexity index is 1300. The fourth-order valence-electron chi connectivity index (χ4n) is 3.25. The average Bonchev–Trinajstić information content (AvgIpc) is 3.03. The number of aromatic nitrogens is 1. The lowest BCUT2D eigenvalue weighted by molar-refractivity contribution is -0.138. The SMILES string of the molecule is O=C1C(C#Cc2ccc(Br)cc2)=C(c2ccc(C(F)(F)F)cc2)C(=O)N1Cc1ccccn1. The van der Waals surface area contributed by atoms with E-state index in [2.05, 4.69) is 32.8 Å². The van der Waals surface area contributed by atoms with Crippen LogP contribution in [0.4, 0.5) is 13.2 Å². The molecule has 0 atom stereocenters. The van der Waals surface area contributed by atoms with E-state index in [1.54, 1.807) is 48.7 Å². The normalized spacial score (nSPS) is 13.9. The minimum Gasteiger partial charge on any atom is -0.269 e. The molecular weight excluding hydrogens is 497 g/mol. The highest BCUT2D eigenvalue weighted by Gasteiger charge is 2.39. The largest absolute Gasteiger partial charge is 0.416 e. The van der Waals surface area contributed by atoms with E-state index in [1.807, 2.05) is 0 Å². The molecule has 4 rings (SSSR count). The number of alkyl halides is 3. The summed E-state index contributed by atoms with van der Waals surface area (Å²) >= 11 is 3.33.